The lowest BCUT2D eigenvalue weighted by atomic mass is 10.3. The van der Waals surface area contributed by atoms with Crippen molar-refractivity contribution < 1.29 is 0 Å². The highest BCUT2D eigenvalue weighted by Crippen LogP contribution is 2.15. The molecule has 0 unspecified atom stereocenters. The fraction of sp³-hybridized carbons (Fsp3) is 0. The Bertz CT molecular complexity index is 458. The number of H-pyrrole nitrogens is 2. The van der Waals surface area contributed by atoms with Gasteiger partial charge in [0.15, 0.2) is 5.82 Å². The number of aromatic nitrogens is 4. The molecule has 66 valence electrons. The molecule has 2 aromatic heterocycles. The van der Waals surface area contributed by atoms with Crippen LogP contribution in [0, 0.1) is 0 Å². The van der Waals surface area contributed by atoms with E-state index in [9.17, 15) is 4.79 Å². The lowest BCUT2D eigenvalue weighted by molar-refractivity contribution is 1.07. The molecule has 0 fully saturated rings. The summed E-state index contributed by atoms with van der Waals surface area (Å²) in [6.45, 7) is 0. The van der Waals surface area contributed by atoms with E-state index in [1.54, 1.807) is 12.4 Å². The maximum atomic E-state index is 10.9. The summed E-state index contributed by atoms with van der Waals surface area (Å²) in [5.41, 5.74) is 5.99. The zero-order valence-electron chi connectivity index (χ0n) is 6.61. The summed E-state index contributed by atoms with van der Waals surface area (Å²) in [4.78, 5) is 23.6. The number of hydrogen-bond acceptors (Lipinski definition) is 4. The van der Waals surface area contributed by atoms with Crippen molar-refractivity contribution in [2.45, 2.75) is 0 Å². The number of nitrogen functional groups attached to an aromatic ring is 1. The summed E-state index contributed by atoms with van der Waals surface area (Å²) in [6.07, 6.45) is 4.53. The van der Waals surface area contributed by atoms with E-state index >= 15 is 0 Å². The molecule has 0 atom stereocenters. The topological polar surface area (TPSA) is 100 Å². The van der Waals surface area contributed by atoms with Crippen molar-refractivity contribution in [3.63, 3.8) is 0 Å². The Kier molecular flexibility index (Phi) is 1.59. The molecule has 0 amide bonds. The van der Waals surface area contributed by atoms with Gasteiger partial charge in [-0.15, -0.1) is 0 Å². The molecule has 13 heavy (non-hydrogen) atoms. The van der Waals surface area contributed by atoms with Gasteiger partial charge in [0.2, 0.25) is 0 Å². The van der Waals surface area contributed by atoms with Crippen LogP contribution in [-0.2, 0) is 0 Å². The van der Waals surface area contributed by atoms with Crippen molar-refractivity contribution in [2.24, 2.45) is 0 Å². The molecule has 4 N–H and O–H groups in total. The van der Waals surface area contributed by atoms with Gasteiger partial charge in [-0.3, -0.25) is 0 Å². The number of nitrogens with zero attached hydrogens (tertiary/aromatic N) is 2. The number of hydrogen-bond donors (Lipinski definition) is 3. The van der Waals surface area contributed by atoms with Crippen LogP contribution in [0.4, 0.5) is 5.69 Å². The third kappa shape index (κ3) is 1.28. The molecule has 2 heterocycles. The molecule has 0 aliphatic heterocycles. The predicted molar refractivity (Wildman–Crippen MR) is 46.9 cm³/mol. The lowest BCUT2D eigenvalue weighted by Gasteiger charge is -1.99. The van der Waals surface area contributed by atoms with Gasteiger partial charge in [0.25, 0.3) is 0 Å². The van der Waals surface area contributed by atoms with Gasteiger partial charge in [0, 0.05) is 12.4 Å². The number of nitrogens with two attached hydrogens (primary N) is 1. The van der Waals surface area contributed by atoms with Gasteiger partial charge < -0.3 is 15.7 Å². The van der Waals surface area contributed by atoms with Crippen LogP contribution in [-0.4, -0.2) is 19.9 Å². The molecule has 2 aromatic rings. The molecule has 0 saturated heterocycles. The number of anilines is 1. The van der Waals surface area contributed by atoms with Crippen LogP contribution in [0.5, 0.6) is 0 Å². The summed E-state index contributed by atoms with van der Waals surface area (Å²) < 4.78 is 0. The molecule has 0 radical (unpaired) electrons. The maximum Gasteiger partial charge on any atom is 0.345 e. The number of rotatable bonds is 1. The quantitative estimate of drug-likeness (QED) is 0.558. The van der Waals surface area contributed by atoms with Crippen molar-refractivity contribution in [3.05, 3.63) is 29.1 Å². The minimum absolute atomic E-state index is 0.384. The van der Waals surface area contributed by atoms with E-state index in [4.69, 9.17) is 5.73 Å². The fourth-order valence-corrected chi connectivity index (χ4v) is 1.00. The van der Waals surface area contributed by atoms with Crippen LogP contribution in [0.3, 0.4) is 0 Å². The Balaban J connectivity index is 2.64. The first-order valence-corrected chi connectivity index (χ1v) is 3.62. The van der Waals surface area contributed by atoms with Crippen molar-refractivity contribution in [3.8, 4) is 11.5 Å². The molecular weight excluding hydrogens is 170 g/mol. The highest BCUT2D eigenvalue weighted by atomic mass is 16.1. The van der Waals surface area contributed by atoms with Gasteiger partial charge in [0.05, 0.1) is 11.9 Å². The predicted octanol–water partition coefficient (Wildman–Crippen LogP) is -0.258. The Morgan fingerprint density at radius 3 is 2.92 bits per heavy atom. The van der Waals surface area contributed by atoms with Crippen LogP contribution < -0.4 is 11.4 Å². The SMILES string of the molecule is Nc1cnc(=O)[nH]c1-c1ncc[nH]1. The Morgan fingerprint density at radius 2 is 2.23 bits per heavy atom. The highest BCUT2D eigenvalue weighted by molar-refractivity contribution is 5.65. The van der Waals surface area contributed by atoms with Gasteiger partial charge in [-0.05, 0) is 0 Å². The standard InChI is InChI=1S/C7H7N5O/c8-4-3-11-7(13)12-5(4)6-9-1-2-10-6/h1-3H,8H2,(H,9,10)(H,11,12,13). The van der Waals surface area contributed by atoms with E-state index in [-0.39, 0.29) is 0 Å². The molecule has 0 saturated carbocycles. The van der Waals surface area contributed by atoms with Crippen molar-refractivity contribution in [1.29, 1.82) is 0 Å². The number of imidazole rings is 1. The second-order valence-electron chi connectivity index (χ2n) is 2.46. The molecule has 6 nitrogen and oxygen atoms in total. The minimum Gasteiger partial charge on any atom is -0.396 e. The summed E-state index contributed by atoms with van der Waals surface area (Å²) in [5, 5.41) is 0. The van der Waals surface area contributed by atoms with Crippen LogP contribution in [0.25, 0.3) is 11.5 Å². The van der Waals surface area contributed by atoms with E-state index in [1.165, 1.54) is 6.20 Å². The lowest BCUT2D eigenvalue weighted by Crippen LogP contribution is -2.12. The van der Waals surface area contributed by atoms with E-state index in [0.717, 1.165) is 0 Å². The van der Waals surface area contributed by atoms with Crippen molar-refractivity contribution >= 4 is 5.69 Å². The molecule has 0 spiro atoms. The first kappa shape index (κ1) is 7.53. The Morgan fingerprint density at radius 1 is 1.38 bits per heavy atom. The molecule has 6 heteroatoms. The monoisotopic (exact) mass is 177 g/mol. The van der Waals surface area contributed by atoms with Crippen LogP contribution in [0.15, 0.2) is 23.4 Å². The zero-order chi connectivity index (χ0) is 9.26. The van der Waals surface area contributed by atoms with Gasteiger partial charge in [0.1, 0.15) is 5.69 Å². The second-order valence-corrected chi connectivity index (χ2v) is 2.46. The Hall–Kier alpha value is -2.11. The summed E-state index contributed by atoms with van der Waals surface area (Å²) in [6, 6.07) is 0. The summed E-state index contributed by atoms with van der Waals surface area (Å²) in [5.74, 6) is 0.525. The normalized spacial score (nSPS) is 10.2. The van der Waals surface area contributed by atoms with Crippen molar-refractivity contribution in [2.75, 3.05) is 5.73 Å². The third-order valence-corrected chi connectivity index (χ3v) is 1.58. The first-order valence-electron chi connectivity index (χ1n) is 3.62. The highest BCUT2D eigenvalue weighted by Gasteiger charge is 2.05. The maximum absolute atomic E-state index is 10.9. The minimum atomic E-state index is -0.444. The zero-order valence-corrected chi connectivity index (χ0v) is 6.61. The molecule has 2 rings (SSSR count). The molecule has 0 aliphatic carbocycles. The average Bonchev–Trinajstić information content (AvgIpc) is 2.61. The smallest absolute Gasteiger partial charge is 0.345 e. The van der Waals surface area contributed by atoms with E-state index < -0.39 is 5.69 Å². The van der Waals surface area contributed by atoms with Crippen LogP contribution >= 0.6 is 0 Å². The second kappa shape index (κ2) is 2.74. The number of nitrogens with one attached hydrogen (secondary N) is 2. The van der Waals surface area contributed by atoms with Gasteiger partial charge >= 0.3 is 5.69 Å². The van der Waals surface area contributed by atoms with E-state index in [2.05, 4.69) is 19.9 Å². The van der Waals surface area contributed by atoms with Crippen molar-refractivity contribution in [1.82, 2.24) is 19.9 Å². The van der Waals surface area contributed by atoms with Crippen LogP contribution in [0.1, 0.15) is 0 Å². The van der Waals surface area contributed by atoms with E-state index in [0.29, 0.717) is 17.2 Å². The fourth-order valence-electron chi connectivity index (χ4n) is 1.00. The first-order chi connectivity index (χ1) is 6.27. The van der Waals surface area contributed by atoms with Gasteiger partial charge in [-0.25, -0.2) is 9.78 Å². The number of aromatic amines is 2. The van der Waals surface area contributed by atoms with Gasteiger partial charge in [-0.2, -0.15) is 4.98 Å². The molecule has 0 aliphatic rings. The molecule has 0 aromatic carbocycles. The Labute approximate surface area is 72.9 Å². The van der Waals surface area contributed by atoms with Gasteiger partial charge in [-0.1, -0.05) is 0 Å². The third-order valence-electron chi connectivity index (χ3n) is 1.58. The largest absolute Gasteiger partial charge is 0.396 e. The average molecular weight is 177 g/mol. The van der Waals surface area contributed by atoms with Crippen LogP contribution in [0.2, 0.25) is 0 Å². The summed E-state index contributed by atoms with van der Waals surface area (Å²) in [7, 11) is 0. The molecular formula is C7H7N5O. The molecule has 0 bridgehead atoms. The summed E-state index contributed by atoms with van der Waals surface area (Å²) >= 11 is 0. The van der Waals surface area contributed by atoms with E-state index in [1.807, 2.05) is 0 Å².